The molecule has 3 rings (SSSR count). The van der Waals surface area contributed by atoms with Crippen molar-refractivity contribution in [1.82, 2.24) is 30.3 Å². The monoisotopic (exact) mass is 338 g/mol. The van der Waals surface area contributed by atoms with E-state index in [1.165, 1.54) is 6.33 Å². The molecular weight excluding hydrogens is 320 g/mol. The van der Waals surface area contributed by atoms with Gasteiger partial charge in [0.05, 0.1) is 16.8 Å². The molecule has 124 valence electrons. The molecule has 0 aromatic carbocycles. The third-order valence-electron chi connectivity index (χ3n) is 4.13. The Morgan fingerprint density at radius 2 is 2.35 bits per heavy atom. The highest BCUT2D eigenvalue weighted by Gasteiger charge is 2.34. The van der Waals surface area contributed by atoms with Crippen LogP contribution in [-0.4, -0.2) is 62.5 Å². The van der Waals surface area contributed by atoms with E-state index >= 15 is 0 Å². The molecule has 1 saturated heterocycles. The fourth-order valence-electron chi connectivity index (χ4n) is 2.81. The molecule has 2 aromatic heterocycles. The fraction of sp³-hybridized carbons (Fsp3) is 0.571. The number of ether oxygens (including phenoxy) is 1. The molecule has 8 nitrogen and oxygen atoms in total. The number of hydrogen-bond acceptors (Lipinski definition) is 5. The van der Waals surface area contributed by atoms with Crippen molar-refractivity contribution in [2.24, 2.45) is 0 Å². The summed E-state index contributed by atoms with van der Waals surface area (Å²) in [4.78, 5) is 18.3. The number of aromatic nitrogens is 5. The molecule has 9 heteroatoms. The number of aromatic amines is 2. The van der Waals surface area contributed by atoms with Crippen LogP contribution in [0.5, 0.6) is 0 Å². The van der Waals surface area contributed by atoms with Gasteiger partial charge < -0.3 is 9.64 Å². The average molecular weight is 339 g/mol. The molecule has 23 heavy (non-hydrogen) atoms. The second-order valence-corrected chi connectivity index (χ2v) is 5.96. The summed E-state index contributed by atoms with van der Waals surface area (Å²) in [7, 11) is 1.72. The van der Waals surface area contributed by atoms with Gasteiger partial charge in [-0.1, -0.05) is 18.5 Å². The highest BCUT2D eigenvalue weighted by atomic mass is 35.5. The van der Waals surface area contributed by atoms with Crippen LogP contribution >= 0.6 is 11.6 Å². The number of amides is 1. The van der Waals surface area contributed by atoms with Gasteiger partial charge in [-0.2, -0.15) is 10.2 Å². The smallest absolute Gasteiger partial charge is 0.275 e. The highest BCUT2D eigenvalue weighted by molar-refractivity contribution is 6.34. The van der Waals surface area contributed by atoms with Gasteiger partial charge in [0.25, 0.3) is 5.91 Å². The van der Waals surface area contributed by atoms with Gasteiger partial charge in [-0.15, -0.1) is 0 Å². The van der Waals surface area contributed by atoms with Crippen LogP contribution in [0.2, 0.25) is 5.02 Å². The summed E-state index contributed by atoms with van der Waals surface area (Å²) >= 11 is 6.19. The molecular formula is C14H19ClN6O2. The molecule has 2 N–H and O–H groups in total. The molecule has 1 aliphatic heterocycles. The second kappa shape index (κ2) is 6.67. The van der Waals surface area contributed by atoms with Gasteiger partial charge in [-0.3, -0.25) is 15.0 Å². The number of aryl methyl sites for hydroxylation is 1. The van der Waals surface area contributed by atoms with Crippen LogP contribution < -0.4 is 0 Å². The number of carbonyl (C=O) groups is 1. The Labute approximate surface area is 138 Å². The summed E-state index contributed by atoms with van der Waals surface area (Å²) in [5.74, 6) is 0.672. The number of H-pyrrole nitrogens is 2. The molecule has 0 unspecified atom stereocenters. The van der Waals surface area contributed by atoms with Crippen LogP contribution in [0.15, 0.2) is 6.33 Å². The molecule has 0 spiro atoms. The van der Waals surface area contributed by atoms with Crippen LogP contribution in [0.1, 0.15) is 41.3 Å². The number of likely N-dealkylation sites (N-methyl/N-ethyl adjacent to an activating group) is 1. The maximum atomic E-state index is 12.5. The molecule has 0 bridgehead atoms. The van der Waals surface area contributed by atoms with Crippen LogP contribution in [0.4, 0.5) is 0 Å². The van der Waals surface area contributed by atoms with Gasteiger partial charge >= 0.3 is 0 Å². The normalized spacial score (nSPS) is 20.8. The molecule has 0 saturated carbocycles. The number of nitrogens with one attached hydrogen (secondary N) is 2. The lowest BCUT2D eigenvalue weighted by atomic mass is 10.0. The number of carbonyl (C=O) groups excluding carboxylic acids is 1. The number of nitrogens with zero attached hydrogens (tertiary/aromatic N) is 4. The first-order valence-electron chi connectivity index (χ1n) is 7.56. The highest BCUT2D eigenvalue weighted by Crippen LogP contribution is 2.29. The maximum absolute atomic E-state index is 12.5. The zero-order chi connectivity index (χ0) is 16.4. The van der Waals surface area contributed by atoms with E-state index in [-0.39, 0.29) is 23.6 Å². The van der Waals surface area contributed by atoms with E-state index in [0.717, 1.165) is 17.9 Å². The van der Waals surface area contributed by atoms with Crippen LogP contribution in [-0.2, 0) is 11.2 Å². The minimum absolute atomic E-state index is 0.105. The summed E-state index contributed by atoms with van der Waals surface area (Å²) in [5, 5.41) is 14.0. The van der Waals surface area contributed by atoms with Crippen molar-refractivity contribution in [2.75, 3.05) is 20.2 Å². The molecule has 0 aliphatic carbocycles. The van der Waals surface area contributed by atoms with E-state index in [1.54, 1.807) is 11.9 Å². The van der Waals surface area contributed by atoms with Crippen molar-refractivity contribution in [2.45, 2.75) is 31.8 Å². The van der Waals surface area contributed by atoms with E-state index in [1.807, 2.05) is 6.92 Å². The summed E-state index contributed by atoms with van der Waals surface area (Å²) in [6.07, 6.45) is 2.91. The Balaban J connectivity index is 1.69. The molecule has 1 amide bonds. The minimum atomic E-state index is -0.224. The zero-order valence-corrected chi connectivity index (χ0v) is 13.8. The van der Waals surface area contributed by atoms with Gasteiger partial charge in [-0.05, 0) is 12.8 Å². The molecule has 2 atom stereocenters. The summed E-state index contributed by atoms with van der Waals surface area (Å²) in [5.41, 5.74) is 1.01. The average Bonchev–Trinajstić information content (AvgIpc) is 3.26. The van der Waals surface area contributed by atoms with Crippen molar-refractivity contribution >= 4 is 17.5 Å². The first kappa shape index (κ1) is 15.9. The van der Waals surface area contributed by atoms with E-state index in [4.69, 9.17) is 16.3 Å². The lowest BCUT2D eigenvalue weighted by molar-refractivity contribution is 0.0546. The van der Waals surface area contributed by atoms with Crippen molar-refractivity contribution in [3.05, 3.63) is 28.6 Å². The lowest BCUT2D eigenvalue weighted by Crippen LogP contribution is -2.36. The van der Waals surface area contributed by atoms with E-state index in [0.29, 0.717) is 24.6 Å². The van der Waals surface area contributed by atoms with Crippen LogP contribution in [0.25, 0.3) is 0 Å². The van der Waals surface area contributed by atoms with Gasteiger partial charge in [0.15, 0.2) is 5.69 Å². The van der Waals surface area contributed by atoms with Gasteiger partial charge in [0, 0.05) is 26.1 Å². The van der Waals surface area contributed by atoms with Crippen molar-refractivity contribution < 1.29 is 9.53 Å². The molecule has 1 aliphatic rings. The van der Waals surface area contributed by atoms with Gasteiger partial charge in [0.1, 0.15) is 12.2 Å². The molecule has 1 fully saturated rings. The van der Waals surface area contributed by atoms with Gasteiger partial charge in [-0.25, -0.2) is 4.98 Å². The van der Waals surface area contributed by atoms with Crippen molar-refractivity contribution in [3.63, 3.8) is 0 Å². The first-order chi connectivity index (χ1) is 11.1. The Morgan fingerprint density at radius 1 is 1.52 bits per heavy atom. The zero-order valence-electron chi connectivity index (χ0n) is 13.0. The second-order valence-electron chi connectivity index (χ2n) is 5.58. The van der Waals surface area contributed by atoms with E-state index < -0.39 is 0 Å². The fourth-order valence-corrected chi connectivity index (χ4v) is 3.11. The molecule has 0 radical (unpaired) electrons. The van der Waals surface area contributed by atoms with Crippen molar-refractivity contribution in [3.8, 4) is 0 Å². The Bertz CT molecular complexity index is 671. The summed E-state index contributed by atoms with van der Waals surface area (Å²) < 4.78 is 5.76. The minimum Gasteiger partial charge on any atom is -0.376 e. The number of halogens is 1. The van der Waals surface area contributed by atoms with E-state index in [9.17, 15) is 4.79 Å². The van der Waals surface area contributed by atoms with E-state index in [2.05, 4.69) is 25.4 Å². The quantitative estimate of drug-likeness (QED) is 0.858. The summed E-state index contributed by atoms with van der Waals surface area (Å²) in [6, 6.07) is 0. The predicted octanol–water partition coefficient (Wildman–Crippen LogP) is 1.39. The van der Waals surface area contributed by atoms with Gasteiger partial charge in [0.2, 0.25) is 0 Å². The summed E-state index contributed by atoms with van der Waals surface area (Å²) in [6.45, 7) is 3.03. The Kier molecular flexibility index (Phi) is 4.63. The Morgan fingerprint density at radius 3 is 3.00 bits per heavy atom. The SMILES string of the molecule is CCc1[nH]nc(C(=O)N(C)C[C@H]2OCC[C@H]2c2ncn[nH]2)c1Cl. The Hall–Kier alpha value is -1.93. The van der Waals surface area contributed by atoms with Crippen LogP contribution in [0, 0.1) is 0 Å². The third-order valence-corrected chi connectivity index (χ3v) is 4.53. The molecule has 2 aromatic rings. The third kappa shape index (κ3) is 3.09. The molecule has 3 heterocycles. The number of hydrogen-bond donors (Lipinski definition) is 2. The predicted molar refractivity (Wildman–Crippen MR) is 83.4 cm³/mol. The van der Waals surface area contributed by atoms with Crippen LogP contribution in [0.3, 0.4) is 0 Å². The largest absolute Gasteiger partial charge is 0.376 e. The standard InChI is InChI=1S/C14H19ClN6O2/c1-3-9-11(15)12(19-18-9)14(22)21(2)6-10-8(4-5-23-10)13-16-7-17-20-13/h7-8,10H,3-6H2,1-2H3,(H,18,19)(H,16,17,20)/t8-,10-/m1/s1. The maximum Gasteiger partial charge on any atom is 0.275 e. The number of rotatable bonds is 5. The topological polar surface area (TPSA) is 99.8 Å². The lowest BCUT2D eigenvalue weighted by Gasteiger charge is -2.23. The first-order valence-corrected chi connectivity index (χ1v) is 7.94. The van der Waals surface area contributed by atoms with Crippen molar-refractivity contribution in [1.29, 1.82) is 0 Å².